The molecule has 2 fully saturated rings. The van der Waals surface area contributed by atoms with Gasteiger partial charge in [-0.1, -0.05) is 28.9 Å². The zero-order chi connectivity index (χ0) is 14.2. The predicted octanol–water partition coefficient (Wildman–Crippen LogP) is 3.10. The van der Waals surface area contributed by atoms with Crippen molar-refractivity contribution in [3.63, 3.8) is 0 Å². The molecule has 4 nitrogen and oxygen atoms in total. The Bertz CT molecular complexity index is 642. The van der Waals surface area contributed by atoms with Gasteiger partial charge in [0.25, 0.3) is 0 Å². The second kappa shape index (κ2) is 5.44. The lowest BCUT2D eigenvalue weighted by Crippen LogP contribution is -2.48. The summed E-state index contributed by atoms with van der Waals surface area (Å²) in [5.74, 6) is 0.797. The van der Waals surface area contributed by atoms with Crippen molar-refractivity contribution >= 4 is 11.6 Å². The Balaban J connectivity index is 1.60. The van der Waals surface area contributed by atoms with Crippen LogP contribution < -0.4 is 5.32 Å². The van der Waals surface area contributed by atoms with E-state index in [0.29, 0.717) is 17.1 Å². The number of aromatic nitrogens is 1. The number of piperazine rings is 1. The standard InChI is InChI=1S/C16H18ClN3O/c17-12-3-1-2-11(8-12)16-9-14(19-21-16)15-5-4-13-10-18-6-7-20(13)15/h1-3,8-9,13,15,18H,4-7,10H2/t13-,15+/m0/s1. The summed E-state index contributed by atoms with van der Waals surface area (Å²) in [6, 6.07) is 10.8. The van der Waals surface area contributed by atoms with E-state index in [1.807, 2.05) is 24.3 Å². The molecular weight excluding hydrogens is 286 g/mol. The van der Waals surface area contributed by atoms with E-state index in [1.54, 1.807) is 0 Å². The van der Waals surface area contributed by atoms with E-state index in [0.717, 1.165) is 43.1 Å². The molecule has 0 saturated carbocycles. The number of hydrogen-bond acceptors (Lipinski definition) is 4. The van der Waals surface area contributed by atoms with Crippen LogP contribution in [0.25, 0.3) is 11.3 Å². The van der Waals surface area contributed by atoms with Crippen LogP contribution in [0.3, 0.4) is 0 Å². The number of benzene rings is 1. The van der Waals surface area contributed by atoms with Crippen molar-refractivity contribution in [2.24, 2.45) is 0 Å². The van der Waals surface area contributed by atoms with E-state index >= 15 is 0 Å². The molecule has 110 valence electrons. The highest BCUT2D eigenvalue weighted by molar-refractivity contribution is 6.30. The molecule has 2 aromatic rings. The van der Waals surface area contributed by atoms with Crippen LogP contribution in [-0.2, 0) is 0 Å². The maximum Gasteiger partial charge on any atom is 0.167 e. The van der Waals surface area contributed by atoms with E-state index in [2.05, 4.69) is 21.4 Å². The van der Waals surface area contributed by atoms with Crippen molar-refractivity contribution in [3.8, 4) is 11.3 Å². The molecule has 3 heterocycles. The second-order valence-corrected chi connectivity index (χ2v) is 6.25. The van der Waals surface area contributed by atoms with Gasteiger partial charge in [-0.05, 0) is 25.0 Å². The molecule has 5 heteroatoms. The predicted molar refractivity (Wildman–Crippen MR) is 82.3 cm³/mol. The Hall–Kier alpha value is -1.36. The maximum absolute atomic E-state index is 6.04. The second-order valence-electron chi connectivity index (χ2n) is 5.82. The quantitative estimate of drug-likeness (QED) is 0.925. The number of halogens is 1. The minimum Gasteiger partial charge on any atom is -0.356 e. The summed E-state index contributed by atoms with van der Waals surface area (Å²) in [7, 11) is 0. The molecule has 4 rings (SSSR count). The minimum absolute atomic E-state index is 0.397. The summed E-state index contributed by atoms with van der Waals surface area (Å²) < 4.78 is 5.55. The number of hydrogen-bond donors (Lipinski definition) is 1. The van der Waals surface area contributed by atoms with Crippen LogP contribution in [0.4, 0.5) is 0 Å². The average molecular weight is 304 g/mol. The normalized spacial score (nSPS) is 26.0. The first kappa shape index (κ1) is 13.3. The fourth-order valence-corrected chi connectivity index (χ4v) is 3.70. The zero-order valence-corrected chi connectivity index (χ0v) is 12.5. The van der Waals surface area contributed by atoms with Gasteiger partial charge in [-0.15, -0.1) is 0 Å². The molecule has 2 atom stereocenters. The van der Waals surface area contributed by atoms with Gasteiger partial charge in [0.15, 0.2) is 5.76 Å². The number of fused-ring (bicyclic) bond motifs is 1. The van der Waals surface area contributed by atoms with Crippen molar-refractivity contribution in [1.29, 1.82) is 0 Å². The Morgan fingerprint density at radius 1 is 1.29 bits per heavy atom. The lowest BCUT2D eigenvalue weighted by atomic mass is 10.1. The molecule has 1 N–H and O–H groups in total. The molecule has 1 aromatic heterocycles. The Labute approximate surface area is 129 Å². The van der Waals surface area contributed by atoms with E-state index in [1.165, 1.54) is 6.42 Å². The van der Waals surface area contributed by atoms with Gasteiger partial charge in [-0.25, -0.2) is 0 Å². The third-order valence-corrected chi connectivity index (χ3v) is 4.78. The highest BCUT2D eigenvalue weighted by Gasteiger charge is 2.37. The van der Waals surface area contributed by atoms with Gasteiger partial charge in [0.1, 0.15) is 5.69 Å². The minimum atomic E-state index is 0.397. The maximum atomic E-state index is 6.04. The van der Waals surface area contributed by atoms with Gasteiger partial charge in [0, 0.05) is 42.3 Å². The third kappa shape index (κ3) is 2.48. The summed E-state index contributed by atoms with van der Waals surface area (Å²) in [5, 5.41) is 8.50. The van der Waals surface area contributed by atoms with Crippen molar-refractivity contribution in [2.75, 3.05) is 19.6 Å². The molecule has 21 heavy (non-hydrogen) atoms. The van der Waals surface area contributed by atoms with Crippen molar-refractivity contribution in [1.82, 2.24) is 15.4 Å². The molecule has 0 unspecified atom stereocenters. The molecule has 2 aliphatic rings. The molecule has 1 aromatic carbocycles. The molecule has 0 bridgehead atoms. The zero-order valence-electron chi connectivity index (χ0n) is 11.8. The van der Waals surface area contributed by atoms with Crippen molar-refractivity contribution < 1.29 is 4.52 Å². The monoisotopic (exact) mass is 303 g/mol. The number of nitrogens with zero attached hydrogens (tertiary/aromatic N) is 2. The lowest BCUT2D eigenvalue weighted by molar-refractivity contribution is 0.157. The van der Waals surface area contributed by atoms with Crippen molar-refractivity contribution in [2.45, 2.75) is 24.9 Å². The van der Waals surface area contributed by atoms with Crippen LogP contribution in [-0.4, -0.2) is 35.7 Å². The van der Waals surface area contributed by atoms with E-state index in [4.69, 9.17) is 16.1 Å². The van der Waals surface area contributed by atoms with Crippen LogP contribution in [0.15, 0.2) is 34.9 Å². The van der Waals surface area contributed by atoms with Crippen molar-refractivity contribution in [3.05, 3.63) is 41.0 Å². The van der Waals surface area contributed by atoms with Gasteiger partial charge in [0.05, 0.1) is 6.04 Å². The highest BCUT2D eigenvalue weighted by Crippen LogP contribution is 2.37. The largest absolute Gasteiger partial charge is 0.356 e. The molecule has 0 spiro atoms. The molecule has 2 aliphatic heterocycles. The van der Waals surface area contributed by atoms with Gasteiger partial charge in [0.2, 0.25) is 0 Å². The molecular formula is C16H18ClN3O. The summed E-state index contributed by atoms with van der Waals surface area (Å²) in [4.78, 5) is 2.57. The summed E-state index contributed by atoms with van der Waals surface area (Å²) >= 11 is 6.04. The Morgan fingerprint density at radius 2 is 2.24 bits per heavy atom. The first-order valence-corrected chi connectivity index (χ1v) is 7.88. The van der Waals surface area contributed by atoms with E-state index < -0.39 is 0 Å². The van der Waals surface area contributed by atoms with Gasteiger partial charge in [-0.3, -0.25) is 4.90 Å². The highest BCUT2D eigenvalue weighted by atomic mass is 35.5. The summed E-state index contributed by atoms with van der Waals surface area (Å²) in [5.41, 5.74) is 2.03. The lowest BCUT2D eigenvalue weighted by Gasteiger charge is -2.33. The van der Waals surface area contributed by atoms with Gasteiger partial charge >= 0.3 is 0 Å². The first-order valence-electron chi connectivity index (χ1n) is 7.50. The van der Waals surface area contributed by atoms with Gasteiger partial charge in [-0.2, -0.15) is 0 Å². The Morgan fingerprint density at radius 3 is 3.14 bits per heavy atom. The third-order valence-electron chi connectivity index (χ3n) is 4.55. The summed E-state index contributed by atoms with van der Waals surface area (Å²) in [6.07, 6.45) is 2.39. The molecule has 0 radical (unpaired) electrons. The molecule has 2 saturated heterocycles. The Kier molecular flexibility index (Phi) is 3.45. The smallest absolute Gasteiger partial charge is 0.167 e. The first-order chi connectivity index (χ1) is 10.3. The fraction of sp³-hybridized carbons (Fsp3) is 0.438. The van der Waals surface area contributed by atoms with Crippen LogP contribution >= 0.6 is 11.6 Å². The van der Waals surface area contributed by atoms with Crippen LogP contribution in [0, 0.1) is 0 Å². The fourth-order valence-electron chi connectivity index (χ4n) is 3.51. The average Bonchev–Trinajstić information content (AvgIpc) is 3.14. The van der Waals surface area contributed by atoms with E-state index in [9.17, 15) is 0 Å². The van der Waals surface area contributed by atoms with Gasteiger partial charge < -0.3 is 9.84 Å². The molecule has 0 amide bonds. The topological polar surface area (TPSA) is 41.3 Å². The summed E-state index contributed by atoms with van der Waals surface area (Å²) in [6.45, 7) is 3.25. The van der Waals surface area contributed by atoms with Crippen LogP contribution in [0.5, 0.6) is 0 Å². The van der Waals surface area contributed by atoms with Crippen LogP contribution in [0.2, 0.25) is 5.02 Å². The molecule has 0 aliphatic carbocycles. The van der Waals surface area contributed by atoms with Crippen LogP contribution in [0.1, 0.15) is 24.6 Å². The SMILES string of the molecule is Clc1cccc(-c2cc([C@H]3CC[C@H]4CNCCN43)no2)c1. The number of nitrogens with one attached hydrogen (secondary N) is 1. The van der Waals surface area contributed by atoms with E-state index in [-0.39, 0.29) is 0 Å². The number of rotatable bonds is 2.